The smallest absolute Gasteiger partial charge is 0.317 e. The number of nitrogens with one attached hydrogen (secondary N) is 1. The molecule has 6 nitrogen and oxygen atoms in total. The van der Waals surface area contributed by atoms with E-state index >= 15 is 0 Å². The van der Waals surface area contributed by atoms with Crippen LogP contribution in [0.3, 0.4) is 0 Å². The summed E-state index contributed by atoms with van der Waals surface area (Å²) >= 11 is 1.54. The monoisotopic (exact) mass is 350 g/mol. The van der Waals surface area contributed by atoms with Gasteiger partial charge in [-0.1, -0.05) is 0 Å². The van der Waals surface area contributed by atoms with E-state index in [2.05, 4.69) is 17.3 Å². The van der Waals surface area contributed by atoms with Crippen molar-refractivity contribution in [3.63, 3.8) is 0 Å². The van der Waals surface area contributed by atoms with E-state index in [-0.39, 0.29) is 11.9 Å². The van der Waals surface area contributed by atoms with Crippen molar-refractivity contribution < 1.29 is 9.59 Å². The van der Waals surface area contributed by atoms with Crippen LogP contribution in [0.1, 0.15) is 29.6 Å². The molecule has 0 spiro atoms. The number of carbonyl (C=O) groups excluding carboxylic acids is 2. The third kappa shape index (κ3) is 4.08. The first-order valence-corrected chi connectivity index (χ1v) is 9.64. The number of likely N-dealkylation sites (N-methyl/N-ethyl adjacent to an activating group) is 1. The van der Waals surface area contributed by atoms with Crippen LogP contribution in [0.5, 0.6) is 0 Å². The molecule has 1 N–H and O–H groups in total. The first-order valence-electron chi connectivity index (χ1n) is 8.69. The maximum atomic E-state index is 12.4. The SMILES string of the molecule is CN1CCCC1CNC(=O)N1CCCN(C(=O)c2ccsc2)CC1. The van der Waals surface area contributed by atoms with Crippen molar-refractivity contribution in [2.45, 2.75) is 25.3 Å². The standard InChI is InChI=1S/C17H26N4O2S/c1-19-6-2-4-15(19)12-18-17(23)21-8-3-7-20(9-10-21)16(22)14-5-11-24-13-14/h5,11,13,15H,2-4,6-10,12H2,1H3,(H,18,23). The third-order valence-corrected chi connectivity index (χ3v) is 5.68. The molecule has 7 heteroatoms. The lowest BCUT2D eigenvalue weighted by Crippen LogP contribution is -2.46. The minimum atomic E-state index is 0.000123. The summed E-state index contributed by atoms with van der Waals surface area (Å²) in [5, 5.41) is 6.87. The Morgan fingerprint density at radius 3 is 2.67 bits per heavy atom. The predicted octanol–water partition coefficient (Wildman–Crippen LogP) is 1.70. The molecule has 1 aromatic rings. The minimum absolute atomic E-state index is 0.000123. The Hall–Kier alpha value is -1.60. The molecule has 1 aromatic heterocycles. The second-order valence-electron chi connectivity index (χ2n) is 6.61. The average molecular weight is 350 g/mol. The van der Waals surface area contributed by atoms with Crippen LogP contribution in [0.2, 0.25) is 0 Å². The molecule has 2 aliphatic rings. The molecule has 2 aliphatic heterocycles. The molecule has 0 saturated carbocycles. The molecule has 0 aromatic carbocycles. The summed E-state index contributed by atoms with van der Waals surface area (Å²) < 4.78 is 0. The molecule has 3 rings (SSSR count). The zero-order valence-corrected chi connectivity index (χ0v) is 15.1. The Kier molecular flexibility index (Phi) is 5.73. The third-order valence-electron chi connectivity index (χ3n) is 5.00. The summed E-state index contributed by atoms with van der Waals surface area (Å²) in [6.07, 6.45) is 3.19. The zero-order chi connectivity index (χ0) is 16.9. The minimum Gasteiger partial charge on any atom is -0.337 e. The molecule has 3 amide bonds. The summed E-state index contributed by atoms with van der Waals surface area (Å²) in [6, 6.07) is 2.32. The van der Waals surface area contributed by atoms with Crippen molar-refractivity contribution >= 4 is 23.3 Å². The largest absolute Gasteiger partial charge is 0.337 e. The van der Waals surface area contributed by atoms with E-state index in [0.29, 0.717) is 38.8 Å². The molecule has 2 fully saturated rings. The molecule has 24 heavy (non-hydrogen) atoms. The lowest BCUT2D eigenvalue weighted by Gasteiger charge is -2.25. The lowest BCUT2D eigenvalue weighted by atomic mass is 10.2. The van der Waals surface area contributed by atoms with Gasteiger partial charge in [0.15, 0.2) is 0 Å². The summed E-state index contributed by atoms with van der Waals surface area (Å²) in [6.45, 7) is 4.45. The number of likely N-dealkylation sites (tertiary alicyclic amines) is 1. The van der Waals surface area contributed by atoms with E-state index in [4.69, 9.17) is 0 Å². The molecule has 3 heterocycles. The van der Waals surface area contributed by atoms with Gasteiger partial charge in [0.2, 0.25) is 0 Å². The number of carbonyl (C=O) groups is 2. The van der Waals surface area contributed by atoms with Crippen molar-refractivity contribution in [1.82, 2.24) is 20.0 Å². The van der Waals surface area contributed by atoms with Gasteiger partial charge >= 0.3 is 6.03 Å². The first-order chi connectivity index (χ1) is 11.6. The van der Waals surface area contributed by atoms with E-state index < -0.39 is 0 Å². The van der Waals surface area contributed by atoms with Gasteiger partial charge in [0, 0.05) is 44.1 Å². The number of amides is 3. The second-order valence-corrected chi connectivity index (χ2v) is 7.39. The second kappa shape index (κ2) is 7.98. The van der Waals surface area contributed by atoms with Gasteiger partial charge in [-0.15, -0.1) is 0 Å². The Labute approximate surface area is 147 Å². The zero-order valence-electron chi connectivity index (χ0n) is 14.2. The highest BCUT2D eigenvalue weighted by Crippen LogP contribution is 2.14. The Morgan fingerprint density at radius 2 is 1.96 bits per heavy atom. The van der Waals surface area contributed by atoms with Crippen molar-refractivity contribution in [1.29, 1.82) is 0 Å². The molecule has 1 unspecified atom stereocenters. The fraction of sp³-hybridized carbons (Fsp3) is 0.647. The van der Waals surface area contributed by atoms with E-state index in [1.54, 1.807) is 0 Å². The summed E-state index contributed by atoms with van der Waals surface area (Å²) in [7, 11) is 2.11. The fourth-order valence-electron chi connectivity index (χ4n) is 3.45. The number of hydrogen-bond donors (Lipinski definition) is 1. The number of urea groups is 1. The van der Waals surface area contributed by atoms with Gasteiger partial charge in [0.1, 0.15) is 0 Å². The summed E-state index contributed by atoms with van der Waals surface area (Å²) in [4.78, 5) is 30.9. The van der Waals surface area contributed by atoms with Crippen molar-refractivity contribution in [3.8, 4) is 0 Å². The van der Waals surface area contributed by atoms with Crippen molar-refractivity contribution in [3.05, 3.63) is 22.4 Å². The van der Waals surface area contributed by atoms with Gasteiger partial charge in [-0.25, -0.2) is 4.79 Å². The van der Waals surface area contributed by atoms with Gasteiger partial charge in [-0.3, -0.25) is 4.79 Å². The number of rotatable bonds is 3. The van der Waals surface area contributed by atoms with Crippen LogP contribution in [0, 0.1) is 0 Å². The van der Waals surface area contributed by atoms with Gasteiger partial charge < -0.3 is 20.0 Å². The number of hydrogen-bond acceptors (Lipinski definition) is 4. The molecular formula is C17H26N4O2S. The van der Waals surface area contributed by atoms with Crippen LogP contribution in [-0.2, 0) is 0 Å². The lowest BCUT2D eigenvalue weighted by molar-refractivity contribution is 0.0763. The Morgan fingerprint density at radius 1 is 1.17 bits per heavy atom. The quantitative estimate of drug-likeness (QED) is 0.903. The van der Waals surface area contributed by atoms with Crippen LogP contribution >= 0.6 is 11.3 Å². The van der Waals surface area contributed by atoms with Crippen LogP contribution in [0.4, 0.5) is 4.79 Å². The highest BCUT2D eigenvalue weighted by atomic mass is 32.1. The fourth-order valence-corrected chi connectivity index (χ4v) is 4.08. The van der Waals surface area contributed by atoms with Gasteiger partial charge in [-0.2, -0.15) is 11.3 Å². The van der Waals surface area contributed by atoms with Crippen LogP contribution in [0.25, 0.3) is 0 Å². The summed E-state index contributed by atoms with van der Waals surface area (Å²) in [5.74, 6) is 0.0751. The maximum absolute atomic E-state index is 12.4. The van der Waals surface area contributed by atoms with Gasteiger partial charge in [0.25, 0.3) is 5.91 Å². The van der Waals surface area contributed by atoms with E-state index in [0.717, 1.165) is 24.9 Å². The van der Waals surface area contributed by atoms with Crippen molar-refractivity contribution in [2.75, 3.05) is 46.3 Å². The Bertz CT molecular complexity index is 563. The van der Waals surface area contributed by atoms with Gasteiger partial charge in [0.05, 0.1) is 5.56 Å². The predicted molar refractivity (Wildman–Crippen MR) is 95.5 cm³/mol. The number of thiophene rings is 1. The summed E-state index contributed by atoms with van der Waals surface area (Å²) in [5.41, 5.74) is 0.752. The molecule has 0 aliphatic carbocycles. The van der Waals surface area contributed by atoms with Gasteiger partial charge in [-0.05, 0) is 44.3 Å². The average Bonchev–Trinajstić information content (AvgIpc) is 3.18. The molecule has 2 saturated heterocycles. The topological polar surface area (TPSA) is 55.9 Å². The number of nitrogens with zero attached hydrogens (tertiary/aromatic N) is 3. The molecule has 0 radical (unpaired) electrons. The van der Waals surface area contributed by atoms with Crippen LogP contribution < -0.4 is 5.32 Å². The van der Waals surface area contributed by atoms with E-state index in [1.165, 1.54) is 17.8 Å². The van der Waals surface area contributed by atoms with Crippen LogP contribution in [-0.4, -0.2) is 79.0 Å². The van der Waals surface area contributed by atoms with Crippen molar-refractivity contribution in [2.24, 2.45) is 0 Å². The first kappa shape index (κ1) is 17.2. The van der Waals surface area contributed by atoms with Crippen LogP contribution in [0.15, 0.2) is 16.8 Å². The Balaban J connectivity index is 1.48. The normalized spacial score (nSPS) is 22.5. The highest BCUT2D eigenvalue weighted by Gasteiger charge is 2.25. The molecule has 0 bridgehead atoms. The van der Waals surface area contributed by atoms with E-state index in [9.17, 15) is 9.59 Å². The molecular weight excluding hydrogens is 324 g/mol. The van der Waals surface area contributed by atoms with E-state index in [1.807, 2.05) is 26.6 Å². The maximum Gasteiger partial charge on any atom is 0.317 e. The molecule has 1 atom stereocenters. The highest BCUT2D eigenvalue weighted by molar-refractivity contribution is 7.08. The molecule has 132 valence electrons.